The molecule has 0 aliphatic heterocycles. The summed E-state index contributed by atoms with van der Waals surface area (Å²) in [5.74, 6) is 0.275. The molecule has 1 aliphatic carbocycles. The van der Waals surface area contributed by atoms with E-state index in [1.165, 1.54) is 12.5 Å². The number of fused-ring (bicyclic) bond motifs is 1. The number of nitro groups is 1. The van der Waals surface area contributed by atoms with Gasteiger partial charge < -0.3 is 0 Å². The van der Waals surface area contributed by atoms with Gasteiger partial charge >= 0.3 is 5.69 Å². The minimum absolute atomic E-state index is 0.101. The van der Waals surface area contributed by atoms with Crippen LogP contribution in [0.3, 0.4) is 0 Å². The highest BCUT2D eigenvalue weighted by Gasteiger charge is 2.24. The molecular formula is C14H15N3O4. The fourth-order valence-corrected chi connectivity index (χ4v) is 2.95. The number of Topliss-reactive ketones (excluding diaryl/α,β-unsaturated/α-hetero) is 1. The van der Waals surface area contributed by atoms with Gasteiger partial charge in [-0.05, 0) is 34.8 Å². The van der Waals surface area contributed by atoms with Crippen LogP contribution in [-0.4, -0.2) is 21.0 Å². The number of rotatable bonds is 4. The minimum Gasteiger partial charge on any atom is -0.299 e. The lowest BCUT2D eigenvalue weighted by Gasteiger charge is -2.20. The van der Waals surface area contributed by atoms with Gasteiger partial charge in [0.05, 0.1) is 4.92 Å². The van der Waals surface area contributed by atoms with Crippen LogP contribution in [0.4, 0.5) is 5.69 Å². The van der Waals surface area contributed by atoms with Gasteiger partial charge in [-0.1, -0.05) is 19.3 Å². The highest BCUT2D eigenvalue weighted by atomic mass is 16.6. The number of carbonyl (C=O) groups is 1. The first-order chi connectivity index (χ1) is 10.2. The van der Waals surface area contributed by atoms with Gasteiger partial charge in [0.1, 0.15) is 11.3 Å². The summed E-state index contributed by atoms with van der Waals surface area (Å²) in [5.41, 5.74) is 0.912. The van der Waals surface area contributed by atoms with Crippen molar-refractivity contribution in [2.75, 3.05) is 0 Å². The lowest BCUT2D eigenvalue weighted by Crippen LogP contribution is -2.19. The number of nitro benzene ring substituents is 1. The SMILES string of the molecule is O=C(Cc1ccc([N+](=O)[O-])c2nonc12)C1CCCCC1. The van der Waals surface area contributed by atoms with Crippen LogP contribution >= 0.6 is 0 Å². The molecule has 3 rings (SSSR count). The molecular weight excluding hydrogens is 274 g/mol. The van der Waals surface area contributed by atoms with Gasteiger partial charge in [-0.3, -0.25) is 14.9 Å². The third kappa shape index (κ3) is 2.63. The summed E-state index contributed by atoms with van der Waals surface area (Å²) >= 11 is 0. The van der Waals surface area contributed by atoms with Crippen molar-refractivity contribution in [1.82, 2.24) is 10.3 Å². The quantitative estimate of drug-likeness (QED) is 0.633. The standard InChI is InChI=1S/C14H15N3O4/c18-12(9-4-2-1-3-5-9)8-10-6-7-11(17(19)20)14-13(10)15-21-16-14/h6-7,9H,1-5,8H2. The van der Waals surface area contributed by atoms with Crippen molar-refractivity contribution in [3.63, 3.8) is 0 Å². The number of carbonyl (C=O) groups excluding carboxylic acids is 1. The molecule has 0 amide bonds. The molecule has 110 valence electrons. The predicted octanol–water partition coefficient (Wildman–Crippen LogP) is 2.82. The summed E-state index contributed by atoms with van der Waals surface area (Å²) in [5, 5.41) is 18.2. The van der Waals surface area contributed by atoms with E-state index in [0.29, 0.717) is 11.1 Å². The highest BCUT2D eigenvalue weighted by molar-refractivity contribution is 5.91. The van der Waals surface area contributed by atoms with Gasteiger partial charge in [0.2, 0.25) is 5.52 Å². The molecule has 1 aliphatic rings. The number of aromatic nitrogens is 2. The maximum atomic E-state index is 12.3. The Bertz CT molecular complexity index is 689. The second-order valence-corrected chi connectivity index (χ2v) is 5.44. The van der Waals surface area contributed by atoms with E-state index < -0.39 is 4.92 Å². The molecule has 0 saturated heterocycles. The fourth-order valence-electron chi connectivity index (χ4n) is 2.95. The van der Waals surface area contributed by atoms with E-state index in [-0.39, 0.29) is 29.3 Å². The van der Waals surface area contributed by atoms with Crippen LogP contribution in [0, 0.1) is 16.0 Å². The first-order valence-electron chi connectivity index (χ1n) is 7.08. The zero-order valence-electron chi connectivity index (χ0n) is 11.4. The van der Waals surface area contributed by atoms with Crippen LogP contribution in [0.25, 0.3) is 11.0 Å². The van der Waals surface area contributed by atoms with Crippen molar-refractivity contribution >= 4 is 22.5 Å². The Hall–Kier alpha value is -2.31. The van der Waals surface area contributed by atoms with Crippen LogP contribution in [0.15, 0.2) is 16.8 Å². The average molecular weight is 289 g/mol. The molecule has 1 heterocycles. The van der Waals surface area contributed by atoms with E-state index in [1.807, 2.05) is 0 Å². The molecule has 0 N–H and O–H groups in total. The summed E-state index contributed by atoms with van der Waals surface area (Å²) in [6.07, 6.45) is 5.49. The van der Waals surface area contributed by atoms with E-state index >= 15 is 0 Å². The van der Waals surface area contributed by atoms with E-state index in [9.17, 15) is 14.9 Å². The van der Waals surface area contributed by atoms with E-state index in [2.05, 4.69) is 14.9 Å². The van der Waals surface area contributed by atoms with Crippen LogP contribution in [0.5, 0.6) is 0 Å². The zero-order chi connectivity index (χ0) is 14.8. The molecule has 0 atom stereocenters. The number of non-ortho nitro benzene ring substituents is 1. The normalized spacial score (nSPS) is 16.2. The smallest absolute Gasteiger partial charge is 0.299 e. The molecule has 0 radical (unpaired) electrons. The maximum Gasteiger partial charge on any atom is 0.300 e. The summed E-state index contributed by atoms with van der Waals surface area (Å²) < 4.78 is 4.61. The Kier molecular flexibility index (Phi) is 3.64. The van der Waals surface area contributed by atoms with Gasteiger partial charge in [-0.15, -0.1) is 0 Å². The molecule has 7 heteroatoms. The van der Waals surface area contributed by atoms with Crippen molar-refractivity contribution in [1.29, 1.82) is 0 Å². The van der Waals surface area contributed by atoms with Crippen molar-refractivity contribution in [2.24, 2.45) is 5.92 Å². The van der Waals surface area contributed by atoms with Crippen LogP contribution in [0.1, 0.15) is 37.7 Å². The van der Waals surface area contributed by atoms with E-state index in [1.54, 1.807) is 6.07 Å². The lowest BCUT2D eigenvalue weighted by molar-refractivity contribution is -0.383. The van der Waals surface area contributed by atoms with Crippen molar-refractivity contribution in [3.8, 4) is 0 Å². The monoisotopic (exact) mass is 289 g/mol. The van der Waals surface area contributed by atoms with Crippen molar-refractivity contribution in [3.05, 3.63) is 27.8 Å². The molecule has 1 fully saturated rings. The van der Waals surface area contributed by atoms with Crippen LogP contribution in [-0.2, 0) is 11.2 Å². The predicted molar refractivity (Wildman–Crippen MR) is 73.7 cm³/mol. The topological polar surface area (TPSA) is 99.1 Å². The Labute approximate surface area is 120 Å². The number of nitrogens with zero attached hydrogens (tertiary/aromatic N) is 3. The van der Waals surface area contributed by atoms with Gasteiger partial charge in [0.15, 0.2) is 0 Å². The Morgan fingerprint density at radius 1 is 1.24 bits per heavy atom. The molecule has 0 spiro atoms. The third-order valence-corrected chi connectivity index (χ3v) is 4.10. The summed E-state index contributed by atoms with van der Waals surface area (Å²) in [6, 6.07) is 2.93. The first kappa shape index (κ1) is 13.7. The summed E-state index contributed by atoms with van der Waals surface area (Å²) in [6.45, 7) is 0. The maximum absolute atomic E-state index is 12.3. The number of benzene rings is 1. The van der Waals surface area contributed by atoms with Crippen molar-refractivity contribution < 1.29 is 14.3 Å². The summed E-state index contributed by atoms with van der Waals surface area (Å²) in [4.78, 5) is 22.7. The Balaban J connectivity index is 1.87. The molecule has 1 saturated carbocycles. The van der Waals surface area contributed by atoms with Crippen molar-refractivity contribution in [2.45, 2.75) is 38.5 Å². The number of ketones is 1. The molecule has 7 nitrogen and oxygen atoms in total. The van der Waals surface area contributed by atoms with Gasteiger partial charge in [-0.25, -0.2) is 4.63 Å². The third-order valence-electron chi connectivity index (χ3n) is 4.10. The minimum atomic E-state index is -0.529. The van der Waals surface area contributed by atoms with Gasteiger partial charge in [0.25, 0.3) is 0 Å². The Morgan fingerprint density at radius 2 is 1.95 bits per heavy atom. The molecule has 21 heavy (non-hydrogen) atoms. The lowest BCUT2D eigenvalue weighted by atomic mass is 9.84. The zero-order valence-corrected chi connectivity index (χ0v) is 11.4. The Morgan fingerprint density at radius 3 is 2.67 bits per heavy atom. The molecule has 0 unspecified atom stereocenters. The van der Waals surface area contributed by atoms with E-state index in [0.717, 1.165) is 25.7 Å². The fraction of sp³-hybridized carbons (Fsp3) is 0.500. The molecule has 1 aromatic carbocycles. The molecule has 1 aromatic heterocycles. The largest absolute Gasteiger partial charge is 0.300 e. The second-order valence-electron chi connectivity index (χ2n) is 5.44. The first-order valence-corrected chi connectivity index (χ1v) is 7.08. The van der Waals surface area contributed by atoms with Gasteiger partial charge in [0, 0.05) is 18.4 Å². The van der Waals surface area contributed by atoms with Crippen LogP contribution < -0.4 is 0 Å². The number of hydrogen-bond acceptors (Lipinski definition) is 6. The van der Waals surface area contributed by atoms with E-state index in [4.69, 9.17) is 0 Å². The molecule has 0 bridgehead atoms. The second kappa shape index (κ2) is 5.59. The highest BCUT2D eigenvalue weighted by Crippen LogP contribution is 2.29. The van der Waals surface area contributed by atoms with Gasteiger partial charge in [-0.2, -0.15) is 0 Å². The molecule has 2 aromatic rings. The number of hydrogen-bond donors (Lipinski definition) is 0. The summed E-state index contributed by atoms with van der Waals surface area (Å²) in [7, 11) is 0. The average Bonchev–Trinajstić information content (AvgIpc) is 2.98. The van der Waals surface area contributed by atoms with Crippen LogP contribution in [0.2, 0.25) is 0 Å².